The van der Waals surface area contributed by atoms with Gasteiger partial charge in [0.1, 0.15) is 0 Å². The minimum Gasteiger partial charge on any atom is -0.284 e. The van der Waals surface area contributed by atoms with Crippen LogP contribution in [0.15, 0.2) is 0 Å². The third-order valence-electron chi connectivity index (χ3n) is 2.43. The van der Waals surface area contributed by atoms with Gasteiger partial charge in [0.15, 0.2) is 0 Å². The van der Waals surface area contributed by atoms with E-state index in [1.165, 1.54) is 0 Å². The summed E-state index contributed by atoms with van der Waals surface area (Å²) >= 11 is 0. The molecule has 0 heterocycles. The molecule has 1 rings (SSSR count). The van der Waals surface area contributed by atoms with Crippen molar-refractivity contribution in [3.63, 3.8) is 0 Å². The second-order valence-corrected chi connectivity index (χ2v) is 7.12. The number of rotatable bonds is 3. The van der Waals surface area contributed by atoms with Crippen LogP contribution in [0, 0.1) is 0 Å². The Morgan fingerprint density at radius 1 is 1.21 bits per heavy atom. The third kappa shape index (κ3) is 2.93. The van der Waals surface area contributed by atoms with Crippen LogP contribution < -0.4 is 4.89 Å². The van der Waals surface area contributed by atoms with E-state index < -0.39 is 14.8 Å². The van der Waals surface area contributed by atoms with Crippen molar-refractivity contribution in [3.05, 3.63) is 0 Å². The van der Waals surface area contributed by atoms with Crippen LogP contribution in [0.2, 0.25) is 0 Å². The predicted octanol–water partition coefficient (Wildman–Crippen LogP) is 1.58. The van der Waals surface area contributed by atoms with Gasteiger partial charge in [0.2, 0.25) is 10.0 Å². The molecule has 0 aromatic carbocycles. The molecule has 1 N–H and O–H groups in total. The van der Waals surface area contributed by atoms with E-state index in [0.717, 1.165) is 25.7 Å². The number of hydrogen-bond acceptors (Lipinski definition) is 3. The van der Waals surface area contributed by atoms with E-state index in [1.54, 1.807) is 20.8 Å². The Labute approximate surface area is 86.0 Å². The molecule has 1 fully saturated rings. The monoisotopic (exact) mass is 221 g/mol. The maximum atomic E-state index is 11.6. The highest BCUT2D eigenvalue weighted by molar-refractivity contribution is 7.90. The molecule has 5 heteroatoms. The molecule has 0 atom stereocenters. The summed E-state index contributed by atoms with van der Waals surface area (Å²) in [6, 6.07) is 0. The van der Waals surface area contributed by atoms with Crippen LogP contribution in [-0.2, 0) is 14.9 Å². The van der Waals surface area contributed by atoms with E-state index in [2.05, 4.69) is 4.89 Å². The maximum absolute atomic E-state index is 11.6. The molecular formula is C9H19NO3S. The van der Waals surface area contributed by atoms with Gasteiger partial charge >= 0.3 is 0 Å². The first-order valence-electron chi connectivity index (χ1n) is 5.00. The number of sulfonamides is 1. The van der Waals surface area contributed by atoms with Crippen molar-refractivity contribution in [2.24, 2.45) is 0 Å². The zero-order chi connectivity index (χ0) is 10.8. The van der Waals surface area contributed by atoms with Gasteiger partial charge in [0.25, 0.3) is 0 Å². The van der Waals surface area contributed by atoms with Gasteiger partial charge in [-0.25, -0.2) is 8.42 Å². The lowest BCUT2D eigenvalue weighted by Gasteiger charge is -2.21. The molecular weight excluding hydrogens is 202 g/mol. The lowest BCUT2D eigenvalue weighted by molar-refractivity contribution is 0.0213. The molecule has 4 nitrogen and oxygen atoms in total. The molecule has 0 amide bonds. The summed E-state index contributed by atoms with van der Waals surface area (Å²) in [4.78, 5) is 7.37. The highest BCUT2D eigenvalue weighted by atomic mass is 32.2. The summed E-state index contributed by atoms with van der Waals surface area (Å²) in [7, 11) is -3.36. The normalized spacial score (nSPS) is 20.2. The molecule has 1 aliphatic carbocycles. The van der Waals surface area contributed by atoms with Crippen LogP contribution in [0.4, 0.5) is 0 Å². The van der Waals surface area contributed by atoms with Gasteiger partial charge in [-0.15, -0.1) is 0 Å². The van der Waals surface area contributed by atoms with Gasteiger partial charge in [0, 0.05) is 0 Å². The second-order valence-electron chi connectivity index (χ2n) is 4.72. The molecule has 0 spiro atoms. The summed E-state index contributed by atoms with van der Waals surface area (Å²) in [5.41, 5.74) is 0. The van der Waals surface area contributed by atoms with Crippen molar-refractivity contribution < 1.29 is 13.3 Å². The Hall–Kier alpha value is -0.130. The molecule has 14 heavy (non-hydrogen) atoms. The topological polar surface area (TPSA) is 55.4 Å². The van der Waals surface area contributed by atoms with Crippen molar-refractivity contribution in [1.82, 2.24) is 4.89 Å². The van der Waals surface area contributed by atoms with Crippen LogP contribution >= 0.6 is 0 Å². The van der Waals surface area contributed by atoms with E-state index in [-0.39, 0.29) is 6.10 Å². The number of nitrogens with one attached hydrogen (secondary N) is 1. The molecule has 84 valence electrons. The Morgan fingerprint density at radius 2 is 1.71 bits per heavy atom. The van der Waals surface area contributed by atoms with Gasteiger partial charge in [-0.05, 0) is 33.6 Å². The summed E-state index contributed by atoms with van der Waals surface area (Å²) in [5.74, 6) is 0. The zero-order valence-corrected chi connectivity index (χ0v) is 9.86. The van der Waals surface area contributed by atoms with E-state index in [4.69, 9.17) is 4.84 Å². The van der Waals surface area contributed by atoms with Crippen molar-refractivity contribution in [2.75, 3.05) is 0 Å². The van der Waals surface area contributed by atoms with E-state index in [9.17, 15) is 8.42 Å². The molecule has 0 aliphatic heterocycles. The molecule has 1 saturated carbocycles. The fourth-order valence-corrected chi connectivity index (χ4v) is 1.78. The standard InChI is InChI=1S/C9H19NO3S/c1-9(2,3)14(11,12)10-13-8-6-4-5-7-8/h8,10H,4-7H2,1-3H3. The molecule has 0 radical (unpaired) electrons. The largest absolute Gasteiger partial charge is 0.284 e. The summed E-state index contributed by atoms with van der Waals surface area (Å²) in [6.07, 6.45) is 4.22. The minimum atomic E-state index is -3.36. The number of hydrogen-bond donors (Lipinski definition) is 1. The first-order chi connectivity index (χ1) is 6.33. The Kier molecular flexibility index (Phi) is 3.55. The smallest absolute Gasteiger partial charge is 0.238 e. The van der Waals surface area contributed by atoms with Crippen molar-refractivity contribution >= 4 is 10.0 Å². The highest BCUT2D eigenvalue weighted by Crippen LogP contribution is 2.21. The summed E-state index contributed by atoms with van der Waals surface area (Å²) < 4.78 is 22.3. The highest BCUT2D eigenvalue weighted by Gasteiger charge is 2.30. The zero-order valence-electron chi connectivity index (χ0n) is 9.04. The molecule has 1 aliphatic rings. The Bertz CT molecular complexity index is 273. The van der Waals surface area contributed by atoms with Crippen LogP contribution in [0.1, 0.15) is 46.5 Å². The third-order valence-corrected chi connectivity index (χ3v) is 4.36. The van der Waals surface area contributed by atoms with Gasteiger partial charge in [-0.1, -0.05) is 17.7 Å². The average molecular weight is 221 g/mol. The van der Waals surface area contributed by atoms with Crippen LogP contribution in [0.3, 0.4) is 0 Å². The fourth-order valence-electron chi connectivity index (χ4n) is 1.26. The average Bonchev–Trinajstić information content (AvgIpc) is 2.50. The predicted molar refractivity (Wildman–Crippen MR) is 55.1 cm³/mol. The maximum Gasteiger partial charge on any atom is 0.238 e. The van der Waals surface area contributed by atoms with E-state index in [1.807, 2.05) is 0 Å². The quantitative estimate of drug-likeness (QED) is 0.736. The SMILES string of the molecule is CC(C)(C)S(=O)(=O)NOC1CCCC1. The first-order valence-corrected chi connectivity index (χ1v) is 6.48. The van der Waals surface area contributed by atoms with E-state index >= 15 is 0 Å². The van der Waals surface area contributed by atoms with E-state index in [0.29, 0.717) is 0 Å². The molecule has 0 saturated heterocycles. The lowest BCUT2D eigenvalue weighted by Crippen LogP contribution is -2.40. The van der Waals surface area contributed by atoms with Crippen LogP contribution in [0.25, 0.3) is 0 Å². The van der Waals surface area contributed by atoms with Crippen molar-refractivity contribution in [1.29, 1.82) is 0 Å². The first kappa shape index (κ1) is 11.9. The Balaban J connectivity index is 2.44. The second kappa shape index (κ2) is 4.16. The van der Waals surface area contributed by atoms with Gasteiger partial charge in [0.05, 0.1) is 10.9 Å². The van der Waals surface area contributed by atoms with Crippen molar-refractivity contribution in [3.8, 4) is 0 Å². The molecule has 0 aromatic heterocycles. The van der Waals surface area contributed by atoms with Gasteiger partial charge < -0.3 is 0 Å². The molecule has 0 aromatic rings. The Morgan fingerprint density at radius 3 is 2.14 bits per heavy atom. The summed E-state index contributed by atoms with van der Waals surface area (Å²) in [5, 5.41) is 0. The minimum absolute atomic E-state index is 0.0622. The van der Waals surface area contributed by atoms with Gasteiger partial charge in [-0.2, -0.15) is 0 Å². The van der Waals surface area contributed by atoms with Crippen molar-refractivity contribution in [2.45, 2.75) is 57.3 Å². The molecule has 0 bridgehead atoms. The summed E-state index contributed by atoms with van der Waals surface area (Å²) in [6.45, 7) is 4.94. The van der Waals surface area contributed by atoms with Gasteiger partial charge in [-0.3, -0.25) is 4.84 Å². The lowest BCUT2D eigenvalue weighted by atomic mass is 10.3. The van der Waals surface area contributed by atoms with Crippen LogP contribution in [-0.4, -0.2) is 19.3 Å². The van der Waals surface area contributed by atoms with Crippen LogP contribution in [0.5, 0.6) is 0 Å². The fraction of sp³-hybridized carbons (Fsp3) is 1.00. The molecule has 0 unspecified atom stereocenters.